The SMILES string of the molecule is CN(CCCCCCl)C(=O)c1ccc(Br)cc1O. The van der Waals surface area contributed by atoms with Crippen LogP contribution in [0.1, 0.15) is 29.6 Å². The highest BCUT2D eigenvalue weighted by atomic mass is 79.9. The second kappa shape index (κ2) is 7.64. The largest absolute Gasteiger partial charge is 0.507 e. The van der Waals surface area contributed by atoms with Crippen LogP contribution in [0.2, 0.25) is 0 Å². The van der Waals surface area contributed by atoms with Crippen LogP contribution < -0.4 is 0 Å². The van der Waals surface area contributed by atoms with E-state index in [1.165, 1.54) is 6.07 Å². The molecule has 0 atom stereocenters. The Morgan fingerprint density at radius 1 is 1.39 bits per heavy atom. The van der Waals surface area contributed by atoms with Crippen LogP contribution in [0.3, 0.4) is 0 Å². The highest BCUT2D eigenvalue weighted by molar-refractivity contribution is 9.10. The molecule has 0 fully saturated rings. The first-order valence-electron chi connectivity index (χ1n) is 5.86. The number of amides is 1. The highest BCUT2D eigenvalue weighted by Gasteiger charge is 2.15. The van der Waals surface area contributed by atoms with Crippen LogP contribution in [0.5, 0.6) is 5.75 Å². The number of benzene rings is 1. The number of aromatic hydroxyl groups is 1. The molecule has 3 nitrogen and oxygen atoms in total. The summed E-state index contributed by atoms with van der Waals surface area (Å²) in [5, 5.41) is 9.73. The molecule has 18 heavy (non-hydrogen) atoms. The lowest BCUT2D eigenvalue weighted by atomic mass is 10.1. The van der Waals surface area contributed by atoms with E-state index in [1.807, 2.05) is 0 Å². The lowest BCUT2D eigenvalue weighted by Gasteiger charge is -2.17. The second-order valence-corrected chi connectivity index (χ2v) is 5.43. The molecule has 0 saturated carbocycles. The van der Waals surface area contributed by atoms with E-state index < -0.39 is 0 Å². The van der Waals surface area contributed by atoms with E-state index in [-0.39, 0.29) is 11.7 Å². The maximum absolute atomic E-state index is 12.1. The number of halogens is 2. The number of unbranched alkanes of at least 4 members (excludes halogenated alkanes) is 2. The minimum atomic E-state index is -0.161. The number of hydrogen-bond acceptors (Lipinski definition) is 2. The van der Waals surface area contributed by atoms with Crippen molar-refractivity contribution in [2.45, 2.75) is 19.3 Å². The summed E-state index contributed by atoms with van der Waals surface area (Å²) in [5.41, 5.74) is 0.332. The number of alkyl halides is 1. The molecule has 0 spiro atoms. The van der Waals surface area contributed by atoms with Crippen molar-refractivity contribution in [3.8, 4) is 5.75 Å². The summed E-state index contributed by atoms with van der Waals surface area (Å²) in [4.78, 5) is 13.7. The van der Waals surface area contributed by atoms with Gasteiger partial charge in [-0.1, -0.05) is 22.4 Å². The fraction of sp³-hybridized carbons (Fsp3) is 0.462. The number of carbonyl (C=O) groups is 1. The zero-order valence-corrected chi connectivity index (χ0v) is 12.7. The third kappa shape index (κ3) is 4.50. The number of rotatable bonds is 6. The molecule has 1 amide bonds. The van der Waals surface area contributed by atoms with Gasteiger partial charge in [0, 0.05) is 23.9 Å². The summed E-state index contributed by atoms with van der Waals surface area (Å²) in [5.74, 6) is 0.499. The first-order valence-corrected chi connectivity index (χ1v) is 7.19. The number of phenolic OH excluding ortho intramolecular Hbond substituents is 1. The van der Waals surface area contributed by atoms with Gasteiger partial charge in [-0.05, 0) is 31.0 Å². The Balaban J connectivity index is 2.57. The molecule has 0 aromatic heterocycles. The molecule has 0 aliphatic heterocycles. The topological polar surface area (TPSA) is 40.5 Å². The predicted octanol–water partition coefficient (Wildman–Crippen LogP) is 3.64. The molecule has 0 aliphatic rings. The third-order valence-corrected chi connectivity index (χ3v) is 3.42. The zero-order valence-electron chi connectivity index (χ0n) is 10.3. The van der Waals surface area contributed by atoms with Crippen molar-refractivity contribution in [2.24, 2.45) is 0 Å². The lowest BCUT2D eigenvalue weighted by molar-refractivity contribution is 0.0789. The fourth-order valence-electron chi connectivity index (χ4n) is 1.61. The molecule has 1 aromatic rings. The summed E-state index contributed by atoms with van der Waals surface area (Å²) in [6.45, 7) is 0.672. The summed E-state index contributed by atoms with van der Waals surface area (Å²) in [6, 6.07) is 4.89. The van der Waals surface area contributed by atoms with Crippen LogP contribution in [0, 0.1) is 0 Å². The fourth-order valence-corrected chi connectivity index (χ4v) is 2.15. The quantitative estimate of drug-likeness (QED) is 0.637. The van der Waals surface area contributed by atoms with Crippen molar-refractivity contribution in [1.82, 2.24) is 4.90 Å². The summed E-state index contributed by atoms with van der Waals surface area (Å²) in [7, 11) is 1.74. The Bertz CT molecular complexity index is 412. The molecule has 1 aromatic carbocycles. The van der Waals surface area contributed by atoms with Crippen LogP contribution in [-0.2, 0) is 0 Å². The Hall–Kier alpha value is -0.740. The van der Waals surface area contributed by atoms with Gasteiger partial charge >= 0.3 is 0 Å². The monoisotopic (exact) mass is 333 g/mol. The van der Waals surface area contributed by atoms with Crippen LogP contribution in [0.15, 0.2) is 22.7 Å². The molecule has 0 heterocycles. The van der Waals surface area contributed by atoms with Gasteiger partial charge in [-0.2, -0.15) is 0 Å². The third-order valence-electron chi connectivity index (χ3n) is 2.66. The van der Waals surface area contributed by atoms with Gasteiger partial charge in [-0.25, -0.2) is 0 Å². The maximum Gasteiger partial charge on any atom is 0.257 e. The van der Waals surface area contributed by atoms with Crippen molar-refractivity contribution in [2.75, 3.05) is 19.5 Å². The molecule has 0 unspecified atom stereocenters. The molecule has 0 bridgehead atoms. The smallest absolute Gasteiger partial charge is 0.257 e. The van der Waals surface area contributed by atoms with E-state index in [0.717, 1.165) is 23.7 Å². The molecule has 0 radical (unpaired) electrons. The predicted molar refractivity (Wildman–Crippen MR) is 77.3 cm³/mol. The van der Waals surface area contributed by atoms with E-state index in [1.54, 1.807) is 24.1 Å². The molecular formula is C13H17BrClNO2. The number of hydrogen-bond donors (Lipinski definition) is 1. The Morgan fingerprint density at radius 3 is 2.72 bits per heavy atom. The van der Waals surface area contributed by atoms with Crippen molar-refractivity contribution < 1.29 is 9.90 Å². The van der Waals surface area contributed by atoms with E-state index in [4.69, 9.17) is 11.6 Å². The van der Waals surface area contributed by atoms with Crippen molar-refractivity contribution >= 4 is 33.4 Å². The lowest BCUT2D eigenvalue weighted by Crippen LogP contribution is -2.27. The van der Waals surface area contributed by atoms with Crippen LogP contribution in [0.4, 0.5) is 0 Å². The Kier molecular flexibility index (Phi) is 6.50. The van der Waals surface area contributed by atoms with Crippen molar-refractivity contribution in [3.05, 3.63) is 28.2 Å². The Labute approximate surface area is 121 Å². The molecule has 0 aliphatic carbocycles. The molecule has 1 N–H and O–H groups in total. The standard InChI is InChI=1S/C13H17BrClNO2/c1-16(8-4-2-3-7-15)13(18)11-6-5-10(14)9-12(11)17/h5-6,9,17H,2-4,7-8H2,1H3. The Morgan fingerprint density at radius 2 is 2.11 bits per heavy atom. The van der Waals surface area contributed by atoms with E-state index in [9.17, 15) is 9.90 Å². The minimum Gasteiger partial charge on any atom is -0.507 e. The average Bonchev–Trinajstić information content (AvgIpc) is 2.33. The van der Waals surface area contributed by atoms with Crippen molar-refractivity contribution in [1.29, 1.82) is 0 Å². The maximum atomic E-state index is 12.1. The van der Waals surface area contributed by atoms with Crippen LogP contribution in [0.25, 0.3) is 0 Å². The van der Waals surface area contributed by atoms with E-state index in [2.05, 4.69) is 15.9 Å². The van der Waals surface area contributed by atoms with Crippen LogP contribution >= 0.6 is 27.5 Å². The van der Waals surface area contributed by atoms with Gasteiger partial charge in [0.25, 0.3) is 5.91 Å². The molecule has 0 saturated heterocycles. The van der Waals surface area contributed by atoms with Crippen LogP contribution in [-0.4, -0.2) is 35.4 Å². The van der Waals surface area contributed by atoms with Crippen molar-refractivity contribution in [3.63, 3.8) is 0 Å². The van der Waals surface area contributed by atoms with Gasteiger partial charge in [0.05, 0.1) is 5.56 Å². The summed E-state index contributed by atoms with van der Waals surface area (Å²) in [6.07, 6.45) is 2.90. The normalized spacial score (nSPS) is 10.4. The average molecular weight is 335 g/mol. The van der Waals surface area contributed by atoms with Gasteiger partial charge in [-0.3, -0.25) is 4.79 Å². The number of nitrogens with zero attached hydrogens (tertiary/aromatic N) is 1. The van der Waals surface area contributed by atoms with Gasteiger partial charge in [0.1, 0.15) is 5.75 Å². The molecule has 1 rings (SSSR count). The first-order chi connectivity index (χ1) is 8.56. The molecule has 100 valence electrons. The van der Waals surface area contributed by atoms with E-state index in [0.29, 0.717) is 18.0 Å². The number of phenols is 1. The summed E-state index contributed by atoms with van der Waals surface area (Å²) >= 11 is 8.84. The number of carbonyl (C=O) groups excluding carboxylic acids is 1. The van der Waals surface area contributed by atoms with E-state index >= 15 is 0 Å². The molecule has 5 heteroatoms. The first kappa shape index (κ1) is 15.3. The second-order valence-electron chi connectivity index (χ2n) is 4.14. The highest BCUT2D eigenvalue weighted by Crippen LogP contribution is 2.23. The van der Waals surface area contributed by atoms with Gasteiger partial charge < -0.3 is 10.0 Å². The summed E-state index contributed by atoms with van der Waals surface area (Å²) < 4.78 is 0.751. The van der Waals surface area contributed by atoms with Gasteiger partial charge in [0.2, 0.25) is 0 Å². The van der Waals surface area contributed by atoms with Gasteiger partial charge in [-0.15, -0.1) is 11.6 Å². The molecular weight excluding hydrogens is 318 g/mol. The zero-order chi connectivity index (χ0) is 13.5. The minimum absolute atomic E-state index is 0.00184. The van der Waals surface area contributed by atoms with Gasteiger partial charge in [0.15, 0.2) is 0 Å².